The third-order valence-corrected chi connectivity index (χ3v) is 3.21. The van der Waals surface area contributed by atoms with Crippen LogP contribution in [0.15, 0.2) is 59.2 Å². The minimum absolute atomic E-state index is 0.247. The fraction of sp³-hybridized carbons (Fsp3) is 0.0588. The van der Waals surface area contributed by atoms with Crippen LogP contribution >= 0.6 is 0 Å². The number of aryl methyl sites for hydroxylation is 1. The molecule has 0 fully saturated rings. The number of rotatable bonds is 2. The molecule has 0 atom stereocenters. The van der Waals surface area contributed by atoms with Crippen LogP contribution in [-0.2, 0) is 4.79 Å². The van der Waals surface area contributed by atoms with E-state index in [0.29, 0.717) is 0 Å². The molecular weight excluding hydrogens is 267 g/mol. The van der Waals surface area contributed by atoms with Gasteiger partial charge in [0.2, 0.25) is 0 Å². The van der Waals surface area contributed by atoms with Gasteiger partial charge in [0.1, 0.15) is 17.3 Å². The van der Waals surface area contributed by atoms with E-state index in [1.807, 2.05) is 31.2 Å². The number of carbonyl (C=O) groups is 1. The molecule has 1 heterocycles. The average Bonchev–Trinajstić information content (AvgIpc) is 2.83. The van der Waals surface area contributed by atoms with Gasteiger partial charge < -0.3 is 5.32 Å². The van der Waals surface area contributed by atoms with Crippen molar-refractivity contribution in [2.45, 2.75) is 6.92 Å². The minimum atomic E-state index is -0.409. The maximum absolute atomic E-state index is 13.7. The molecule has 104 valence electrons. The summed E-state index contributed by atoms with van der Waals surface area (Å²) in [5.41, 5.74) is 2.59. The van der Waals surface area contributed by atoms with Gasteiger partial charge in [0.25, 0.3) is 5.91 Å². The van der Waals surface area contributed by atoms with Crippen molar-refractivity contribution in [3.05, 3.63) is 76.7 Å². The standard InChI is InChI=1S/C17H13FN2O/c1-11-6-8-12(9-7-11)10-15-17(21)20-16(19-15)13-4-2-3-5-14(13)18/h2-10H,1H3,(H,19,20,21)/b15-10+. The summed E-state index contributed by atoms with van der Waals surface area (Å²) in [6.45, 7) is 1.99. The summed E-state index contributed by atoms with van der Waals surface area (Å²) in [4.78, 5) is 16.1. The lowest BCUT2D eigenvalue weighted by molar-refractivity contribution is -0.115. The van der Waals surface area contributed by atoms with Crippen molar-refractivity contribution in [1.29, 1.82) is 0 Å². The van der Waals surface area contributed by atoms with E-state index in [2.05, 4.69) is 10.3 Å². The van der Waals surface area contributed by atoms with Crippen LogP contribution in [0.3, 0.4) is 0 Å². The van der Waals surface area contributed by atoms with Crippen molar-refractivity contribution < 1.29 is 9.18 Å². The number of hydrogen-bond donors (Lipinski definition) is 1. The van der Waals surface area contributed by atoms with Gasteiger partial charge in [-0.3, -0.25) is 4.79 Å². The van der Waals surface area contributed by atoms with Crippen LogP contribution in [-0.4, -0.2) is 11.7 Å². The Labute approximate surface area is 121 Å². The van der Waals surface area contributed by atoms with Gasteiger partial charge in [-0.25, -0.2) is 9.38 Å². The minimum Gasteiger partial charge on any atom is -0.305 e. The summed E-state index contributed by atoms with van der Waals surface area (Å²) in [6, 6.07) is 14.0. The lowest BCUT2D eigenvalue weighted by Gasteiger charge is -2.00. The number of aliphatic imine (C=N–C) groups is 1. The van der Waals surface area contributed by atoms with Crippen LogP contribution in [0.4, 0.5) is 4.39 Å². The number of amidine groups is 1. The highest BCUT2D eigenvalue weighted by Crippen LogP contribution is 2.17. The third kappa shape index (κ3) is 2.74. The molecule has 4 heteroatoms. The second-order valence-corrected chi connectivity index (χ2v) is 4.83. The first-order valence-corrected chi connectivity index (χ1v) is 6.57. The molecule has 3 rings (SSSR count). The second kappa shape index (κ2) is 5.32. The second-order valence-electron chi connectivity index (χ2n) is 4.83. The highest BCUT2D eigenvalue weighted by atomic mass is 19.1. The molecule has 0 saturated carbocycles. The molecule has 0 unspecified atom stereocenters. The maximum atomic E-state index is 13.7. The van der Waals surface area contributed by atoms with Crippen molar-refractivity contribution in [1.82, 2.24) is 5.32 Å². The molecule has 0 aliphatic carbocycles. The number of nitrogens with zero attached hydrogens (tertiary/aromatic N) is 1. The van der Waals surface area contributed by atoms with E-state index < -0.39 is 5.82 Å². The lowest BCUT2D eigenvalue weighted by Crippen LogP contribution is -2.25. The van der Waals surface area contributed by atoms with Gasteiger partial charge >= 0.3 is 0 Å². The molecule has 1 aliphatic rings. The molecule has 2 aromatic rings. The Morgan fingerprint density at radius 3 is 2.52 bits per heavy atom. The van der Waals surface area contributed by atoms with Gasteiger partial charge in [-0.1, -0.05) is 42.0 Å². The van der Waals surface area contributed by atoms with Gasteiger partial charge in [0.15, 0.2) is 0 Å². The van der Waals surface area contributed by atoms with Crippen molar-refractivity contribution >= 4 is 17.8 Å². The number of nitrogens with one attached hydrogen (secondary N) is 1. The quantitative estimate of drug-likeness (QED) is 0.844. The zero-order valence-electron chi connectivity index (χ0n) is 11.4. The fourth-order valence-corrected chi connectivity index (χ4v) is 2.07. The normalized spacial score (nSPS) is 16.0. The molecule has 21 heavy (non-hydrogen) atoms. The number of halogens is 1. The molecular formula is C17H13FN2O. The Hall–Kier alpha value is -2.75. The topological polar surface area (TPSA) is 41.5 Å². The Morgan fingerprint density at radius 1 is 1.10 bits per heavy atom. The summed E-state index contributed by atoms with van der Waals surface area (Å²) in [6.07, 6.45) is 1.68. The third-order valence-electron chi connectivity index (χ3n) is 3.21. The highest BCUT2D eigenvalue weighted by molar-refractivity contribution is 6.19. The fourth-order valence-electron chi connectivity index (χ4n) is 2.07. The number of amides is 1. The van der Waals surface area contributed by atoms with Crippen molar-refractivity contribution in [3.63, 3.8) is 0 Å². The summed E-state index contributed by atoms with van der Waals surface area (Å²) in [7, 11) is 0. The largest absolute Gasteiger partial charge is 0.305 e. The van der Waals surface area contributed by atoms with Crippen molar-refractivity contribution in [3.8, 4) is 0 Å². The molecule has 1 amide bonds. The molecule has 0 spiro atoms. The Kier molecular flexibility index (Phi) is 3.36. The molecule has 0 saturated heterocycles. The van der Waals surface area contributed by atoms with E-state index in [9.17, 15) is 9.18 Å². The first kappa shape index (κ1) is 13.2. The predicted molar refractivity (Wildman–Crippen MR) is 80.2 cm³/mol. The van der Waals surface area contributed by atoms with Crippen LogP contribution in [0.1, 0.15) is 16.7 Å². The smallest absolute Gasteiger partial charge is 0.275 e. The van der Waals surface area contributed by atoms with Crippen LogP contribution in [0.5, 0.6) is 0 Å². The average molecular weight is 280 g/mol. The van der Waals surface area contributed by atoms with Crippen LogP contribution < -0.4 is 5.32 Å². The molecule has 3 nitrogen and oxygen atoms in total. The number of carbonyl (C=O) groups excluding carboxylic acids is 1. The van der Waals surface area contributed by atoms with Crippen LogP contribution in [0, 0.1) is 12.7 Å². The monoisotopic (exact) mass is 280 g/mol. The summed E-state index contributed by atoms with van der Waals surface area (Å²) < 4.78 is 13.7. The van der Waals surface area contributed by atoms with Gasteiger partial charge in [-0.05, 0) is 30.7 Å². The Balaban J connectivity index is 1.96. The van der Waals surface area contributed by atoms with Gasteiger partial charge in [0, 0.05) is 0 Å². The van der Waals surface area contributed by atoms with E-state index in [1.165, 1.54) is 6.07 Å². The van der Waals surface area contributed by atoms with E-state index >= 15 is 0 Å². The maximum Gasteiger partial charge on any atom is 0.275 e. The van der Waals surface area contributed by atoms with Crippen LogP contribution in [0.2, 0.25) is 0 Å². The molecule has 1 N–H and O–H groups in total. The zero-order valence-corrected chi connectivity index (χ0v) is 11.4. The molecule has 0 aromatic heterocycles. The number of benzene rings is 2. The lowest BCUT2D eigenvalue weighted by atomic mass is 10.1. The van der Waals surface area contributed by atoms with Gasteiger partial charge in [0.05, 0.1) is 5.56 Å². The molecule has 0 radical (unpaired) electrons. The van der Waals surface area contributed by atoms with Crippen molar-refractivity contribution in [2.75, 3.05) is 0 Å². The summed E-state index contributed by atoms with van der Waals surface area (Å²) >= 11 is 0. The molecule has 2 aromatic carbocycles. The first-order valence-electron chi connectivity index (χ1n) is 6.57. The summed E-state index contributed by atoms with van der Waals surface area (Å²) in [5, 5.41) is 2.60. The van der Waals surface area contributed by atoms with Gasteiger partial charge in [-0.15, -0.1) is 0 Å². The van der Waals surface area contributed by atoms with Crippen LogP contribution in [0.25, 0.3) is 6.08 Å². The molecule has 1 aliphatic heterocycles. The first-order chi connectivity index (χ1) is 10.1. The SMILES string of the molecule is Cc1ccc(/C=C2/N=C(c3ccccc3F)NC2=O)cc1. The Bertz CT molecular complexity index is 761. The number of hydrogen-bond acceptors (Lipinski definition) is 2. The zero-order chi connectivity index (χ0) is 14.8. The Morgan fingerprint density at radius 2 is 1.81 bits per heavy atom. The van der Waals surface area contributed by atoms with Crippen molar-refractivity contribution in [2.24, 2.45) is 4.99 Å². The highest BCUT2D eigenvalue weighted by Gasteiger charge is 2.22. The van der Waals surface area contributed by atoms with Gasteiger partial charge in [-0.2, -0.15) is 0 Å². The van der Waals surface area contributed by atoms with E-state index in [-0.39, 0.29) is 23.0 Å². The summed E-state index contributed by atoms with van der Waals surface area (Å²) in [5.74, 6) is -0.488. The van der Waals surface area contributed by atoms with E-state index in [0.717, 1.165) is 11.1 Å². The van der Waals surface area contributed by atoms with E-state index in [4.69, 9.17) is 0 Å². The predicted octanol–water partition coefficient (Wildman–Crippen LogP) is 3.05. The molecule has 0 bridgehead atoms. The van der Waals surface area contributed by atoms with E-state index in [1.54, 1.807) is 24.3 Å².